The molecule has 29 heavy (non-hydrogen) atoms. The summed E-state index contributed by atoms with van der Waals surface area (Å²) in [6.45, 7) is 2.40. The fraction of sp³-hybridized carbons (Fsp3) is 0.286. The molecule has 2 aromatic carbocycles. The van der Waals surface area contributed by atoms with Gasteiger partial charge in [-0.25, -0.2) is 9.59 Å². The smallest absolute Gasteiger partial charge is 0.329 e. The van der Waals surface area contributed by atoms with Crippen LogP contribution in [0.2, 0.25) is 0 Å². The lowest BCUT2D eigenvalue weighted by Gasteiger charge is -2.30. The Balaban J connectivity index is 2.02. The van der Waals surface area contributed by atoms with Crippen molar-refractivity contribution < 1.29 is 9.53 Å². The first-order valence-corrected chi connectivity index (χ1v) is 9.55. The van der Waals surface area contributed by atoms with Crippen LogP contribution in [0.25, 0.3) is 10.8 Å². The molecule has 0 saturated heterocycles. The van der Waals surface area contributed by atoms with Gasteiger partial charge in [0.1, 0.15) is 11.6 Å². The highest BCUT2D eigenvalue weighted by molar-refractivity contribution is 5.95. The Labute approximate surface area is 166 Å². The Bertz CT molecular complexity index is 1210. The van der Waals surface area contributed by atoms with Gasteiger partial charge in [-0.3, -0.25) is 19.7 Å². The van der Waals surface area contributed by atoms with Crippen LogP contribution >= 0.6 is 0 Å². The molecule has 0 saturated carbocycles. The van der Waals surface area contributed by atoms with Gasteiger partial charge in [-0.1, -0.05) is 43.7 Å². The van der Waals surface area contributed by atoms with Crippen LogP contribution in [0.15, 0.2) is 46.0 Å². The van der Waals surface area contributed by atoms with E-state index in [1.54, 1.807) is 7.11 Å². The topological polar surface area (TPSA) is 105 Å². The SMILES string of the molecule is CCCCn1c2c(c(=O)[nH]c1=O)C(c1c(OC)ccc3ccccc13)NC(=O)N2. The molecule has 150 valence electrons. The van der Waals surface area contributed by atoms with Crippen molar-refractivity contribution in [1.29, 1.82) is 0 Å². The van der Waals surface area contributed by atoms with E-state index in [-0.39, 0.29) is 11.4 Å². The highest BCUT2D eigenvalue weighted by Crippen LogP contribution is 2.38. The van der Waals surface area contributed by atoms with Crippen LogP contribution in [0.5, 0.6) is 5.75 Å². The molecular formula is C21H22N4O4. The largest absolute Gasteiger partial charge is 0.496 e. The van der Waals surface area contributed by atoms with Gasteiger partial charge in [0.15, 0.2) is 0 Å². The number of aromatic nitrogens is 2. The zero-order valence-electron chi connectivity index (χ0n) is 16.2. The Morgan fingerprint density at radius 3 is 2.62 bits per heavy atom. The van der Waals surface area contributed by atoms with Crippen LogP contribution in [0.1, 0.15) is 36.9 Å². The van der Waals surface area contributed by atoms with E-state index in [1.807, 2.05) is 43.3 Å². The van der Waals surface area contributed by atoms with E-state index in [1.165, 1.54) is 4.57 Å². The van der Waals surface area contributed by atoms with Crippen molar-refractivity contribution in [1.82, 2.24) is 14.9 Å². The van der Waals surface area contributed by atoms with Crippen LogP contribution in [-0.2, 0) is 6.54 Å². The first-order chi connectivity index (χ1) is 14.0. The lowest BCUT2D eigenvalue weighted by molar-refractivity contribution is 0.248. The van der Waals surface area contributed by atoms with E-state index < -0.39 is 23.3 Å². The predicted octanol–water partition coefficient (Wildman–Crippen LogP) is 2.72. The maximum atomic E-state index is 12.8. The molecule has 3 N–H and O–H groups in total. The normalized spacial score (nSPS) is 15.5. The minimum Gasteiger partial charge on any atom is -0.496 e. The second kappa shape index (κ2) is 7.46. The van der Waals surface area contributed by atoms with Gasteiger partial charge in [0.05, 0.1) is 18.7 Å². The summed E-state index contributed by atoms with van der Waals surface area (Å²) >= 11 is 0. The van der Waals surface area contributed by atoms with Gasteiger partial charge >= 0.3 is 11.7 Å². The molecule has 0 bridgehead atoms. The summed E-state index contributed by atoms with van der Waals surface area (Å²) in [4.78, 5) is 40.1. The van der Waals surface area contributed by atoms with Gasteiger partial charge in [-0.15, -0.1) is 0 Å². The van der Waals surface area contributed by atoms with E-state index >= 15 is 0 Å². The highest BCUT2D eigenvalue weighted by Gasteiger charge is 2.34. The van der Waals surface area contributed by atoms with Crippen LogP contribution in [0.4, 0.5) is 10.6 Å². The number of nitrogens with one attached hydrogen (secondary N) is 3. The fourth-order valence-corrected chi connectivity index (χ4v) is 3.83. The first-order valence-electron chi connectivity index (χ1n) is 9.55. The van der Waals surface area contributed by atoms with Crippen molar-refractivity contribution in [3.05, 3.63) is 68.4 Å². The van der Waals surface area contributed by atoms with Crippen molar-refractivity contribution in [3.63, 3.8) is 0 Å². The standard InChI is InChI=1S/C21H22N4O4/c1-3-4-11-25-18-16(19(26)24-21(25)28)17(22-20(27)23-18)15-13-8-6-5-7-12(13)9-10-14(15)29-2/h5-10,17H,3-4,11H2,1-2H3,(H2,22,23,27)(H,24,26,28). The number of fused-ring (bicyclic) bond motifs is 2. The van der Waals surface area contributed by atoms with Crippen LogP contribution in [0.3, 0.4) is 0 Å². The number of rotatable bonds is 5. The Morgan fingerprint density at radius 1 is 1.07 bits per heavy atom. The molecule has 1 unspecified atom stereocenters. The third-order valence-corrected chi connectivity index (χ3v) is 5.21. The molecule has 8 heteroatoms. The molecule has 2 amide bonds. The molecule has 8 nitrogen and oxygen atoms in total. The highest BCUT2D eigenvalue weighted by atomic mass is 16.5. The molecule has 0 spiro atoms. The van der Waals surface area contributed by atoms with Crippen molar-refractivity contribution >= 4 is 22.6 Å². The number of ether oxygens (including phenoxy) is 1. The van der Waals surface area contributed by atoms with Gasteiger partial charge in [0.2, 0.25) is 0 Å². The number of aromatic amines is 1. The summed E-state index contributed by atoms with van der Waals surface area (Å²) < 4.78 is 6.98. The van der Waals surface area contributed by atoms with E-state index in [2.05, 4.69) is 15.6 Å². The molecule has 1 aliphatic rings. The summed E-state index contributed by atoms with van der Waals surface area (Å²) in [6, 6.07) is 10.2. The van der Waals surface area contributed by atoms with Gasteiger partial charge in [-0.05, 0) is 23.3 Å². The van der Waals surface area contributed by atoms with Gasteiger partial charge < -0.3 is 10.1 Å². The second-order valence-electron chi connectivity index (χ2n) is 6.96. The number of hydrogen-bond acceptors (Lipinski definition) is 4. The monoisotopic (exact) mass is 394 g/mol. The zero-order valence-corrected chi connectivity index (χ0v) is 16.2. The summed E-state index contributed by atoms with van der Waals surface area (Å²) in [5, 5.41) is 7.30. The van der Waals surface area contributed by atoms with Crippen molar-refractivity contribution in [2.75, 3.05) is 12.4 Å². The molecule has 1 aliphatic heterocycles. The number of carbonyl (C=O) groups is 1. The number of carbonyl (C=O) groups excluding carboxylic acids is 1. The molecule has 3 aromatic rings. The molecule has 1 atom stereocenters. The second-order valence-corrected chi connectivity index (χ2v) is 6.96. The summed E-state index contributed by atoms with van der Waals surface area (Å²) in [7, 11) is 1.55. The molecule has 2 heterocycles. The molecule has 0 radical (unpaired) electrons. The Kier molecular flexibility index (Phi) is 4.84. The number of anilines is 1. The van der Waals surface area contributed by atoms with Crippen molar-refractivity contribution in [3.8, 4) is 5.75 Å². The Morgan fingerprint density at radius 2 is 1.86 bits per heavy atom. The third kappa shape index (κ3) is 3.16. The number of benzene rings is 2. The van der Waals surface area contributed by atoms with E-state index in [0.29, 0.717) is 17.9 Å². The molecule has 4 rings (SSSR count). The van der Waals surface area contributed by atoms with Gasteiger partial charge in [0, 0.05) is 12.1 Å². The molecule has 0 fully saturated rings. The number of amides is 2. The van der Waals surface area contributed by atoms with Crippen LogP contribution in [0, 0.1) is 0 Å². The lowest BCUT2D eigenvalue weighted by Crippen LogP contribution is -2.46. The lowest BCUT2D eigenvalue weighted by atomic mass is 9.92. The summed E-state index contributed by atoms with van der Waals surface area (Å²) in [5.41, 5.74) is -0.110. The van der Waals surface area contributed by atoms with E-state index in [4.69, 9.17) is 4.74 Å². The quantitative estimate of drug-likeness (QED) is 0.619. The van der Waals surface area contributed by atoms with Crippen LogP contribution in [-0.4, -0.2) is 22.7 Å². The summed E-state index contributed by atoms with van der Waals surface area (Å²) in [5.74, 6) is 0.781. The average molecular weight is 394 g/mol. The van der Waals surface area contributed by atoms with E-state index in [0.717, 1.165) is 23.6 Å². The zero-order chi connectivity index (χ0) is 20.5. The average Bonchev–Trinajstić information content (AvgIpc) is 2.71. The van der Waals surface area contributed by atoms with Crippen molar-refractivity contribution in [2.24, 2.45) is 0 Å². The first kappa shape index (κ1) is 18.8. The fourth-order valence-electron chi connectivity index (χ4n) is 3.83. The van der Waals surface area contributed by atoms with Crippen LogP contribution < -0.4 is 26.6 Å². The maximum absolute atomic E-state index is 12.8. The molecule has 1 aromatic heterocycles. The van der Waals surface area contributed by atoms with E-state index in [9.17, 15) is 14.4 Å². The number of hydrogen-bond donors (Lipinski definition) is 3. The minimum atomic E-state index is -0.767. The maximum Gasteiger partial charge on any atom is 0.329 e. The van der Waals surface area contributed by atoms with Gasteiger partial charge in [-0.2, -0.15) is 0 Å². The molecule has 0 aliphatic carbocycles. The number of methoxy groups -OCH3 is 1. The summed E-state index contributed by atoms with van der Waals surface area (Å²) in [6.07, 6.45) is 1.61. The third-order valence-electron chi connectivity index (χ3n) is 5.21. The predicted molar refractivity (Wildman–Crippen MR) is 111 cm³/mol. The van der Waals surface area contributed by atoms with Gasteiger partial charge in [0.25, 0.3) is 5.56 Å². The number of nitrogens with zero attached hydrogens (tertiary/aromatic N) is 1. The molecular weight excluding hydrogens is 372 g/mol. The minimum absolute atomic E-state index is 0.232. The number of unbranched alkanes of at least 4 members (excludes halogenated alkanes) is 1. The number of H-pyrrole nitrogens is 1. The van der Waals surface area contributed by atoms with Crippen molar-refractivity contribution in [2.45, 2.75) is 32.4 Å². The number of urea groups is 1. The Hall–Kier alpha value is -3.55.